The van der Waals surface area contributed by atoms with Crippen LogP contribution in [0.3, 0.4) is 0 Å². The van der Waals surface area contributed by atoms with E-state index >= 15 is 0 Å². The SMILES string of the molecule is O=C(c1cccc(OCC2CCCN(C(=O)C3CCC3)C2)c1)N1CCCC1. The highest BCUT2D eigenvalue weighted by Crippen LogP contribution is 2.30. The van der Waals surface area contributed by atoms with Crippen molar-refractivity contribution in [1.29, 1.82) is 0 Å². The lowest BCUT2D eigenvalue weighted by Crippen LogP contribution is -2.45. The molecule has 0 aromatic heterocycles. The molecule has 5 nitrogen and oxygen atoms in total. The first-order chi connectivity index (χ1) is 13.2. The number of benzene rings is 1. The molecular weight excluding hydrogens is 340 g/mol. The van der Waals surface area contributed by atoms with Gasteiger partial charge < -0.3 is 14.5 Å². The van der Waals surface area contributed by atoms with Gasteiger partial charge in [0.2, 0.25) is 5.91 Å². The number of piperidine rings is 1. The van der Waals surface area contributed by atoms with E-state index in [1.807, 2.05) is 29.2 Å². The summed E-state index contributed by atoms with van der Waals surface area (Å²) < 4.78 is 6.02. The van der Waals surface area contributed by atoms with Crippen LogP contribution in [0.2, 0.25) is 0 Å². The lowest BCUT2D eigenvalue weighted by atomic mass is 9.83. The summed E-state index contributed by atoms with van der Waals surface area (Å²) >= 11 is 0. The maximum atomic E-state index is 12.5. The fourth-order valence-corrected chi connectivity index (χ4v) is 4.35. The van der Waals surface area contributed by atoms with Gasteiger partial charge >= 0.3 is 0 Å². The van der Waals surface area contributed by atoms with Crippen molar-refractivity contribution in [1.82, 2.24) is 9.80 Å². The van der Waals surface area contributed by atoms with Gasteiger partial charge in [0.25, 0.3) is 5.91 Å². The second-order valence-corrected chi connectivity index (χ2v) is 8.26. The third-order valence-electron chi connectivity index (χ3n) is 6.25. The third kappa shape index (κ3) is 4.28. The normalized spacial score (nSPS) is 23.2. The van der Waals surface area contributed by atoms with Crippen molar-refractivity contribution in [3.63, 3.8) is 0 Å². The number of rotatable bonds is 5. The Balaban J connectivity index is 1.31. The lowest BCUT2D eigenvalue weighted by molar-refractivity contribution is -0.140. The monoisotopic (exact) mass is 370 g/mol. The highest BCUT2D eigenvalue weighted by molar-refractivity contribution is 5.94. The molecular formula is C22H30N2O3. The van der Waals surface area contributed by atoms with E-state index in [-0.39, 0.29) is 11.8 Å². The van der Waals surface area contributed by atoms with Crippen LogP contribution in [0.15, 0.2) is 24.3 Å². The molecule has 27 heavy (non-hydrogen) atoms. The molecule has 0 spiro atoms. The average Bonchev–Trinajstić information content (AvgIpc) is 3.19. The van der Waals surface area contributed by atoms with Crippen molar-refractivity contribution in [3.05, 3.63) is 29.8 Å². The van der Waals surface area contributed by atoms with Crippen LogP contribution in [0.4, 0.5) is 0 Å². The van der Waals surface area contributed by atoms with E-state index in [0.29, 0.717) is 24.0 Å². The Bertz CT molecular complexity index is 680. The van der Waals surface area contributed by atoms with Crippen LogP contribution >= 0.6 is 0 Å². The molecule has 1 aromatic carbocycles. The average molecular weight is 370 g/mol. The molecule has 1 aromatic rings. The second kappa shape index (κ2) is 8.32. The molecule has 1 unspecified atom stereocenters. The van der Waals surface area contributed by atoms with Crippen LogP contribution in [0.5, 0.6) is 5.75 Å². The zero-order valence-electron chi connectivity index (χ0n) is 16.1. The fraction of sp³-hybridized carbons (Fsp3) is 0.636. The quantitative estimate of drug-likeness (QED) is 0.799. The first-order valence-corrected chi connectivity index (χ1v) is 10.5. The number of carbonyl (C=O) groups excluding carboxylic acids is 2. The van der Waals surface area contributed by atoms with Gasteiger partial charge in [-0.15, -0.1) is 0 Å². The smallest absolute Gasteiger partial charge is 0.253 e. The van der Waals surface area contributed by atoms with Gasteiger partial charge in [0, 0.05) is 43.6 Å². The van der Waals surface area contributed by atoms with Gasteiger partial charge in [-0.05, 0) is 56.7 Å². The number of hydrogen-bond donors (Lipinski definition) is 0. The van der Waals surface area contributed by atoms with Crippen LogP contribution in [0.1, 0.15) is 55.3 Å². The molecule has 0 bridgehead atoms. The van der Waals surface area contributed by atoms with Crippen molar-refractivity contribution < 1.29 is 14.3 Å². The van der Waals surface area contributed by atoms with E-state index in [4.69, 9.17) is 4.74 Å². The van der Waals surface area contributed by atoms with E-state index in [2.05, 4.69) is 4.90 Å². The van der Waals surface area contributed by atoms with Crippen molar-refractivity contribution in [2.75, 3.05) is 32.8 Å². The number of amides is 2. The topological polar surface area (TPSA) is 49.9 Å². The lowest BCUT2D eigenvalue weighted by Gasteiger charge is -2.37. The maximum absolute atomic E-state index is 12.5. The highest BCUT2D eigenvalue weighted by atomic mass is 16.5. The first-order valence-electron chi connectivity index (χ1n) is 10.5. The number of hydrogen-bond acceptors (Lipinski definition) is 3. The van der Waals surface area contributed by atoms with E-state index in [1.54, 1.807) is 0 Å². The van der Waals surface area contributed by atoms with Crippen LogP contribution in [0, 0.1) is 11.8 Å². The minimum atomic E-state index is 0.105. The van der Waals surface area contributed by atoms with Crippen molar-refractivity contribution in [2.45, 2.75) is 44.9 Å². The molecule has 4 rings (SSSR count). The molecule has 2 amide bonds. The van der Waals surface area contributed by atoms with Gasteiger partial charge in [-0.25, -0.2) is 0 Å². The maximum Gasteiger partial charge on any atom is 0.253 e. The molecule has 3 fully saturated rings. The molecule has 146 valence electrons. The molecule has 1 aliphatic carbocycles. The van der Waals surface area contributed by atoms with E-state index < -0.39 is 0 Å². The summed E-state index contributed by atoms with van der Waals surface area (Å²) in [6.07, 6.45) is 7.67. The molecule has 1 saturated carbocycles. The van der Waals surface area contributed by atoms with E-state index in [0.717, 1.165) is 70.5 Å². The Morgan fingerprint density at radius 3 is 2.48 bits per heavy atom. The van der Waals surface area contributed by atoms with Crippen LogP contribution in [-0.4, -0.2) is 54.4 Å². The summed E-state index contributed by atoms with van der Waals surface area (Å²) in [4.78, 5) is 29.0. The van der Waals surface area contributed by atoms with E-state index in [9.17, 15) is 9.59 Å². The molecule has 1 atom stereocenters. The summed E-state index contributed by atoms with van der Waals surface area (Å²) in [5, 5.41) is 0. The zero-order valence-corrected chi connectivity index (χ0v) is 16.1. The largest absolute Gasteiger partial charge is 0.493 e. The van der Waals surface area contributed by atoms with Gasteiger partial charge in [0.15, 0.2) is 0 Å². The Morgan fingerprint density at radius 2 is 1.74 bits per heavy atom. The third-order valence-corrected chi connectivity index (χ3v) is 6.25. The zero-order chi connectivity index (χ0) is 18.6. The molecule has 5 heteroatoms. The highest BCUT2D eigenvalue weighted by Gasteiger charge is 2.32. The predicted octanol–water partition coefficient (Wildman–Crippen LogP) is 3.34. The van der Waals surface area contributed by atoms with Crippen molar-refractivity contribution in [3.8, 4) is 5.75 Å². The number of carbonyl (C=O) groups is 2. The minimum absolute atomic E-state index is 0.105. The molecule has 2 aliphatic heterocycles. The van der Waals surface area contributed by atoms with Crippen molar-refractivity contribution in [2.24, 2.45) is 11.8 Å². The number of ether oxygens (including phenoxy) is 1. The van der Waals surface area contributed by atoms with Gasteiger partial charge in [-0.2, -0.15) is 0 Å². The Kier molecular flexibility index (Phi) is 5.65. The van der Waals surface area contributed by atoms with Gasteiger partial charge in [0.1, 0.15) is 5.75 Å². The number of nitrogens with zero attached hydrogens (tertiary/aromatic N) is 2. The van der Waals surface area contributed by atoms with Gasteiger partial charge in [-0.1, -0.05) is 12.5 Å². The van der Waals surface area contributed by atoms with Crippen LogP contribution in [-0.2, 0) is 4.79 Å². The fourth-order valence-electron chi connectivity index (χ4n) is 4.35. The molecule has 0 radical (unpaired) electrons. The van der Waals surface area contributed by atoms with E-state index in [1.165, 1.54) is 6.42 Å². The summed E-state index contributed by atoms with van der Waals surface area (Å²) in [6.45, 7) is 4.02. The standard InChI is InChI=1S/C22H30N2O3/c25-21(18-7-3-8-18)24-13-5-6-17(15-24)16-27-20-10-4-9-19(14-20)22(26)23-11-1-2-12-23/h4,9-10,14,17-18H,1-3,5-8,11-13,15-16H2. The molecule has 0 N–H and O–H groups in total. The van der Waals surface area contributed by atoms with Gasteiger partial charge in [0.05, 0.1) is 6.61 Å². The summed E-state index contributed by atoms with van der Waals surface area (Å²) in [6, 6.07) is 7.54. The summed E-state index contributed by atoms with van der Waals surface area (Å²) in [7, 11) is 0. The Hall–Kier alpha value is -2.04. The molecule has 2 heterocycles. The Labute approximate surface area is 161 Å². The van der Waals surface area contributed by atoms with Crippen LogP contribution in [0.25, 0.3) is 0 Å². The first kappa shape index (κ1) is 18.3. The summed E-state index contributed by atoms with van der Waals surface area (Å²) in [5.74, 6) is 1.86. The minimum Gasteiger partial charge on any atom is -0.493 e. The molecule has 3 aliphatic rings. The number of likely N-dealkylation sites (tertiary alicyclic amines) is 2. The van der Waals surface area contributed by atoms with Crippen molar-refractivity contribution >= 4 is 11.8 Å². The molecule has 2 saturated heterocycles. The second-order valence-electron chi connectivity index (χ2n) is 8.26. The Morgan fingerprint density at radius 1 is 0.963 bits per heavy atom. The van der Waals surface area contributed by atoms with Gasteiger partial charge in [-0.3, -0.25) is 9.59 Å². The van der Waals surface area contributed by atoms with Crippen LogP contribution < -0.4 is 4.74 Å². The predicted molar refractivity (Wildman–Crippen MR) is 104 cm³/mol. The summed E-state index contributed by atoms with van der Waals surface area (Å²) in [5.41, 5.74) is 0.708.